The third kappa shape index (κ3) is 4.86. The number of carbonyl (C=O) groups excluding carboxylic acids is 1. The number of para-hydroxylation sites is 4. The van der Waals surface area contributed by atoms with E-state index >= 15 is 0 Å². The van der Waals surface area contributed by atoms with Crippen molar-refractivity contribution in [1.82, 2.24) is 9.55 Å². The van der Waals surface area contributed by atoms with Gasteiger partial charge in [0.1, 0.15) is 30.5 Å². The van der Waals surface area contributed by atoms with Gasteiger partial charge in [-0.2, -0.15) is 0 Å². The van der Waals surface area contributed by atoms with E-state index in [1.807, 2.05) is 91.2 Å². The van der Waals surface area contributed by atoms with Crippen LogP contribution in [0.4, 0.5) is 5.69 Å². The van der Waals surface area contributed by atoms with Gasteiger partial charge in [-0.15, -0.1) is 0 Å². The largest absolute Gasteiger partial charge is 0.492 e. The number of amides is 1. The fourth-order valence-electron chi connectivity index (χ4n) is 3.38. The van der Waals surface area contributed by atoms with Gasteiger partial charge in [-0.25, -0.2) is 4.98 Å². The molecule has 0 aliphatic heterocycles. The average Bonchev–Trinajstić information content (AvgIpc) is 3.12. The summed E-state index contributed by atoms with van der Waals surface area (Å²) in [5.74, 6) is 1.94. The van der Waals surface area contributed by atoms with Crippen LogP contribution in [0.2, 0.25) is 0 Å². The maximum absolute atomic E-state index is 12.9. The molecule has 0 spiro atoms. The van der Waals surface area contributed by atoms with Crippen molar-refractivity contribution in [3.8, 4) is 11.5 Å². The van der Waals surface area contributed by atoms with E-state index < -0.39 is 0 Å². The second-order valence-electron chi connectivity index (χ2n) is 7.18. The van der Waals surface area contributed by atoms with Crippen LogP contribution >= 0.6 is 0 Å². The Bertz CT molecular complexity index is 1180. The molecule has 0 aliphatic carbocycles. The number of fused-ring (bicyclic) bond motifs is 1. The highest BCUT2D eigenvalue weighted by Gasteiger charge is 2.15. The molecule has 158 valence electrons. The van der Waals surface area contributed by atoms with Crippen LogP contribution < -0.4 is 14.8 Å². The zero-order valence-corrected chi connectivity index (χ0v) is 17.7. The molecule has 0 aliphatic rings. The fourth-order valence-corrected chi connectivity index (χ4v) is 3.38. The van der Waals surface area contributed by atoms with Gasteiger partial charge in [0.15, 0.2) is 0 Å². The Kier molecular flexibility index (Phi) is 6.17. The Morgan fingerprint density at radius 3 is 2.52 bits per heavy atom. The van der Waals surface area contributed by atoms with Crippen LogP contribution in [0.15, 0.2) is 72.8 Å². The lowest BCUT2D eigenvalue weighted by molar-refractivity contribution is -0.116. The molecule has 1 N–H and O–H groups in total. The molecule has 0 bridgehead atoms. The fraction of sp³-hybridized carbons (Fsp3) is 0.200. The molecule has 0 unspecified atom stereocenters. The number of carbonyl (C=O) groups is 1. The summed E-state index contributed by atoms with van der Waals surface area (Å²) in [6.07, 6.45) is 0. The van der Waals surface area contributed by atoms with Gasteiger partial charge in [-0.05, 0) is 50.2 Å². The molecular formula is C25H25N3O3. The number of aromatic nitrogens is 2. The number of nitrogens with one attached hydrogen (secondary N) is 1. The summed E-state index contributed by atoms with van der Waals surface area (Å²) in [7, 11) is 0. The first-order chi connectivity index (χ1) is 15.1. The van der Waals surface area contributed by atoms with Crippen LogP contribution in [-0.4, -0.2) is 22.1 Å². The van der Waals surface area contributed by atoms with E-state index in [2.05, 4.69) is 10.3 Å². The molecule has 1 amide bonds. The van der Waals surface area contributed by atoms with Crippen LogP contribution in [0.25, 0.3) is 11.0 Å². The monoisotopic (exact) mass is 415 g/mol. The highest BCUT2D eigenvalue weighted by molar-refractivity contribution is 5.93. The van der Waals surface area contributed by atoms with E-state index in [1.165, 1.54) is 5.56 Å². The summed E-state index contributed by atoms with van der Waals surface area (Å²) in [4.78, 5) is 17.6. The van der Waals surface area contributed by atoms with Crippen LogP contribution in [-0.2, 0) is 17.9 Å². The minimum Gasteiger partial charge on any atom is -0.492 e. The van der Waals surface area contributed by atoms with Crippen molar-refractivity contribution in [2.75, 3.05) is 11.9 Å². The molecule has 0 atom stereocenters. The Morgan fingerprint density at radius 1 is 0.968 bits per heavy atom. The lowest BCUT2D eigenvalue weighted by Gasteiger charge is -2.13. The molecule has 0 saturated heterocycles. The molecule has 0 saturated carbocycles. The minimum absolute atomic E-state index is 0.119. The molecule has 1 heterocycles. The first-order valence-corrected chi connectivity index (χ1v) is 10.3. The lowest BCUT2D eigenvalue weighted by atomic mass is 10.2. The maximum Gasteiger partial charge on any atom is 0.244 e. The van der Waals surface area contributed by atoms with E-state index in [9.17, 15) is 4.79 Å². The highest BCUT2D eigenvalue weighted by Crippen LogP contribution is 2.24. The number of ether oxygens (including phenoxy) is 2. The van der Waals surface area contributed by atoms with Crippen LogP contribution in [0.3, 0.4) is 0 Å². The van der Waals surface area contributed by atoms with Gasteiger partial charge in [0, 0.05) is 0 Å². The van der Waals surface area contributed by atoms with Crippen LogP contribution in [0.5, 0.6) is 11.5 Å². The number of rotatable bonds is 8. The van der Waals surface area contributed by atoms with Crippen molar-refractivity contribution in [2.45, 2.75) is 27.0 Å². The van der Waals surface area contributed by atoms with Crippen LogP contribution in [0.1, 0.15) is 18.3 Å². The van der Waals surface area contributed by atoms with E-state index in [0.29, 0.717) is 23.9 Å². The van der Waals surface area contributed by atoms with E-state index in [4.69, 9.17) is 9.47 Å². The van der Waals surface area contributed by atoms with Crippen molar-refractivity contribution in [1.29, 1.82) is 0 Å². The van der Waals surface area contributed by atoms with E-state index in [-0.39, 0.29) is 19.1 Å². The van der Waals surface area contributed by atoms with Gasteiger partial charge in [0.25, 0.3) is 0 Å². The standard InChI is InChI=1S/C25H25N3O3/c1-3-30-23-11-7-5-9-21(23)27-25(29)16-28-22-10-6-4-8-20(22)26-24(28)17-31-19-14-12-18(2)13-15-19/h4-15H,3,16-17H2,1-2H3,(H,27,29). The van der Waals surface area contributed by atoms with E-state index in [0.717, 1.165) is 16.8 Å². The molecule has 4 aromatic rings. The minimum atomic E-state index is -0.160. The summed E-state index contributed by atoms with van der Waals surface area (Å²) in [5.41, 5.74) is 3.53. The predicted octanol–water partition coefficient (Wildman–Crippen LogP) is 4.96. The molecule has 0 fully saturated rings. The number of imidazole rings is 1. The van der Waals surface area contributed by atoms with Crippen molar-refractivity contribution < 1.29 is 14.3 Å². The zero-order chi connectivity index (χ0) is 21.6. The normalized spacial score (nSPS) is 10.8. The number of nitrogens with zero attached hydrogens (tertiary/aromatic N) is 2. The van der Waals surface area contributed by atoms with E-state index in [1.54, 1.807) is 0 Å². The Hall–Kier alpha value is -3.80. The first kappa shape index (κ1) is 20.5. The average molecular weight is 415 g/mol. The second-order valence-corrected chi connectivity index (χ2v) is 7.18. The number of hydrogen-bond donors (Lipinski definition) is 1. The lowest BCUT2D eigenvalue weighted by Crippen LogP contribution is -2.21. The SMILES string of the molecule is CCOc1ccccc1NC(=O)Cn1c(COc2ccc(C)cc2)nc2ccccc21. The Labute approximate surface area is 181 Å². The molecule has 1 aromatic heterocycles. The molecule has 31 heavy (non-hydrogen) atoms. The Balaban J connectivity index is 1.55. The van der Waals surface area contributed by atoms with Crippen molar-refractivity contribution in [3.63, 3.8) is 0 Å². The van der Waals surface area contributed by atoms with Gasteiger partial charge in [-0.3, -0.25) is 4.79 Å². The molecule has 0 radical (unpaired) electrons. The quantitative estimate of drug-likeness (QED) is 0.442. The van der Waals surface area contributed by atoms with Gasteiger partial charge in [-0.1, -0.05) is 42.0 Å². The number of hydrogen-bond acceptors (Lipinski definition) is 4. The summed E-state index contributed by atoms with van der Waals surface area (Å²) in [6.45, 7) is 4.86. The third-order valence-electron chi connectivity index (χ3n) is 4.89. The maximum atomic E-state index is 12.9. The van der Waals surface area contributed by atoms with Gasteiger partial charge in [0.05, 0.1) is 23.3 Å². The zero-order valence-electron chi connectivity index (χ0n) is 17.7. The predicted molar refractivity (Wildman–Crippen MR) is 121 cm³/mol. The molecule has 6 nitrogen and oxygen atoms in total. The first-order valence-electron chi connectivity index (χ1n) is 10.3. The van der Waals surface area contributed by atoms with Crippen molar-refractivity contribution in [2.24, 2.45) is 0 Å². The third-order valence-corrected chi connectivity index (χ3v) is 4.89. The van der Waals surface area contributed by atoms with Gasteiger partial charge in [0.2, 0.25) is 5.91 Å². The van der Waals surface area contributed by atoms with Gasteiger partial charge < -0.3 is 19.4 Å². The van der Waals surface area contributed by atoms with Crippen molar-refractivity contribution in [3.05, 3.63) is 84.2 Å². The molecule has 3 aromatic carbocycles. The summed E-state index contributed by atoms with van der Waals surface area (Å²) in [6, 6.07) is 23.0. The second kappa shape index (κ2) is 9.34. The molecule has 4 rings (SSSR count). The van der Waals surface area contributed by atoms with Crippen molar-refractivity contribution >= 4 is 22.6 Å². The Morgan fingerprint density at radius 2 is 1.71 bits per heavy atom. The summed E-state index contributed by atoms with van der Waals surface area (Å²) < 4.78 is 13.4. The molecule has 6 heteroatoms. The summed E-state index contributed by atoms with van der Waals surface area (Å²) in [5, 5.41) is 2.95. The highest BCUT2D eigenvalue weighted by atomic mass is 16.5. The van der Waals surface area contributed by atoms with Crippen LogP contribution in [0, 0.1) is 6.92 Å². The summed E-state index contributed by atoms with van der Waals surface area (Å²) >= 11 is 0. The van der Waals surface area contributed by atoms with Gasteiger partial charge >= 0.3 is 0 Å². The number of anilines is 1. The number of aryl methyl sites for hydroxylation is 1. The topological polar surface area (TPSA) is 65.4 Å². The molecular weight excluding hydrogens is 390 g/mol. The number of benzene rings is 3. The smallest absolute Gasteiger partial charge is 0.244 e.